The Kier molecular flexibility index (Phi) is 4.35. The van der Waals surface area contributed by atoms with Crippen LogP contribution in [-0.2, 0) is 6.54 Å². The smallest absolute Gasteiger partial charge is 0.200 e. The van der Waals surface area contributed by atoms with Crippen LogP contribution in [0.25, 0.3) is 22.0 Å². The Labute approximate surface area is 155 Å². The van der Waals surface area contributed by atoms with Gasteiger partial charge >= 0.3 is 0 Å². The Balaban J connectivity index is 1.53. The van der Waals surface area contributed by atoms with Gasteiger partial charge in [0, 0.05) is 28.4 Å². The van der Waals surface area contributed by atoms with Gasteiger partial charge in [-0.25, -0.2) is 4.98 Å². The molecule has 0 aliphatic rings. The van der Waals surface area contributed by atoms with E-state index in [9.17, 15) is 0 Å². The summed E-state index contributed by atoms with van der Waals surface area (Å²) in [5.41, 5.74) is 2.94. The number of aromatic amines is 1. The van der Waals surface area contributed by atoms with Crippen molar-refractivity contribution < 1.29 is 0 Å². The third-order valence-corrected chi connectivity index (χ3v) is 4.67. The molecule has 25 heavy (non-hydrogen) atoms. The predicted octanol–water partition coefficient (Wildman–Crippen LogP) is 6.15. The van der Waals surface area contributed by atoms with E-state index in [4.69, 9.17) is 23.2 Å². The normalized spacial score (nSPS) is 11.0. The Bertz CT molecular complexity index is 1040. The molecule has 0 aliphatic carbocycles. The fourth-order valence-corrected chi connectivity index (χ4v) is 3.23. The standard InChI is InChI=1S/C20H15Cl2N3/c21-17-8-7-16(18(22)10-17)11-23-20-24-12-19(25-20)15-6-5-13-3-1-2-4-14(13)9-15/h1-10,12H,11H2,(H2,23,24,25). The lowest BCUT2D eigenvalue weighted by atomic mass is 10.1. The van der Waals surface area contributed by atoms with Crippen molar-refractivity contribution in [2.75, 3.05) is 5.32 Å². The first-order valence-corrected chi connectivity index (χ1v) is 8.67. The van der Waals surface area contributed by atoms with Gasteiger partial charge < -0.3 is 10.3 Å². The highest BCUT2D eigenvalue weighted by molar-refractivity contribution is 6.35. The Morgan fingerprint density at radius 3 is 2.60 bits per heavy atom. The molecule has 4 aromatic rings. The zero-order chi connectivity index (χ0) is 17.2. The first-order valence-electron chi connectivity index (χ1n) is 7.91. The lowest BCUT2D eigenvalue weighted by Gasteiger charge is -2.06. The molecule has 0 spiro atoms. The second kappa shape index (κ2) is 6.79. The zero-order valence-electron chi connectivity index (χ0n) is 13.3. The largest absolute Gasteiger partial charge is 0.352 e. The molecule has 0 atom stereocenters. The summed E-state index contributed by atoms with van der Waals surface area (Å²) in [6, 6.07) is 20.1. The SMILES string of the molecule is Clc1ccc(CNc2nc(-c3ccc4ccccc4c3)c[nH]2)c(Cl)c1. The number of fused-ring (bicyclic) bond motifs is 1. The molecule has 3 nitrogen and oxygen atoms in total. The lowest BCUT2D eigenvalue weighted by molar-refractivity contribution is 1.09. The number of rotatable bonds is 4. The fourth-order valence-electron chi connectivity index (χ4n) is 2.75. The van der Waals surface area contributed by atoms with E-state index in [2.05, 4.69) is 45.6 Å². The number of hydrogen-bond donors (Lipinski definition) is 2. The van der Waals surface area contributed by atoms with Gasteiger partial charge in [0.2, 0.25) is 5.95 Å². The van der Waals surface area contributed by atoms with Crippen molar-refractivity contribution in [3.05, 3.63) is 82.5 Å². The molecule has 0 aliphatic heterocycles. The first-order chi connectivity index (χ1) is 12.2. The maximum absolute atomic E-state index is 6.20. The first kappa shape index (κ1) is 16.0. The van der Waals surface area contributed by atoms with Crippen LogP contribution in [0.1, 0.15) is 5.56 Å². The average molecular weight is 368 g/mol. The van der Waals surface area contributed by atoms with E-state index in [0.717, 1.165) is 16.8 Å². The van der Waals surface area contributed by atoms with Crippen LogP contribution in [-0.4, -0.2) is 9.97 Å². The van der Waals surface area contributed by atoms with E-state index in [1.165, 1.54) is 10.8 Å². The number of nitrogens with zero attached hydrogens (tertiary/aromatic N) is 1. The topological polar surface area (TPSA) is 40.7 Å². The highest BCUT2D eigenvalue weighted by atomic mass is 35.5. The van der Waals surface area contributed by atoms with Gasteiger partial charge in [0.05, 0.1) is 5.69 Å². The van der Waals surface area contributed by atoms with Crippen LogP contribution < -0.4 is 5.32 Å². The maximum Gasteiger partial charge on any atom is 0.200 e. The molecule has 5 heteroatoms. The van der Waals surface area contributed by atoms with E-state index in [0.29, 0.717) is 22.5 Å². The number of anilines is 1. The molecule has 4 rings (SSSR count). The van der Waals surface area contributed by atoms with Crippen LogP contribution in [0.15, 0.2) is 66.9 Å². The summed E-state index contributed by atoms with van der Waals surface area (Å²) < 4.78 is 0. The quantitative estimate of drug-likeness (QED) is 0.454. The van der Waals surface area contributed by atoms with Crippen LogP contribution in [0, 0.1) is 0 Å². The van der Waals surface area contributed by atoms with E-state index in [1.54, 1.807) is 6.07 Å². The summed E-state index contributed by atoms with van der Waals surface area (Å²) in [6.45, 7) is 0.570. The molecule has 0 amide bonds. The summed E-state index contributed by atoms with van der Waals surface area (Å²) in [5, 5.41) is 6.94. The van der Waals surface area contributed by atoms with Crippen LogP contribution in [0.4, 0.5) is 5.95 Å². The Hall–Kier alpha value is -2.49. The number of imidazole rings is 1. The molecule has 1 heterocycles. The Morgan fingerprint density at radius 2 is 1.76 bits per heavy atom. The molecule has 2 N–H and O–H groups in total. The third-order valence-electron chi connectivity index (χ3n) is 4.08. The van der Waals surface area contributed by atoms with Gasteiger partial charge in [-0.15, -0.1) is 0 Å². The molecule has 0 radical (unpaired) electrons. The number of benzene rings is 3. The molecule has 124 valence electrons. The summed E-state index contributed by atoms with van der Waals surface area (Å²) in [5.74, 6) is 0.703. The Morgan fingerprint density at radius 1 is 0.920 bits per heavy atom. The van der Waals surface area contributed by atoms with Crippen molar-refractivity contribution in [2.45, 2.75) is 6.54 Å². The van der Waals surface area contributed by atoms with Crippen molar-refractivity contribution in [3.8, 4) is 11.3 Å². The minimum Gasteiger partial charge on any atom is -0.352 e. The summed E-state index contributed by atoms with van der Waals surface area (Å²) in [7, 11) is 0. The van der Waals surface area contributed by atoms with Crippen LogP contribution in [0.5, 0.6) is 0 Å². The highest BCUT2D eigenvalue weighted by Crippen LogP contribution is 2.25. The van der Waals surface area contributed by atoms with Crippen molar-refractivity contribution in [3.63, 3.8) is 0 Å². The zero-order valence-corrected chi connectivity index (χ0v) is 14.8. The van der Waals surface area contributed by atoms with Crippen molar-refractivity contribution in [1.82, 2.24) is 9.97 Å². The second-order valence-corrected chi connectivity index (χ2v) is 6.63. The average Bonchev–Trinajstić information content (AvgIpc) is 3.09. The van der Waals surface area contributed by atoms with E-state index in [1.807, 2.05) is 30.5 Å². The molecule has 1 aromatic heterocycles. The lowest BCUT2D eigenvalue weighted by Crippen LogP contribution is -2.01. The number of H-pyrrole nitrogens is 1. The molecule has 0 fully saturated rings. The molecule has 0 saturated heterocycles. The molecular formula is C20H15Cl2N3. The fraction of sp³-hybridized carbons (Fsp3) is 0.0500. The number of aromatic nitrogens is 2. The van der Waals surface area contributed by atoms with E-state index >= 15 is 0 Å². The van der Waals surface area contributed by atoms with E-state index in [-0.39, 0.29) is 0 Å². The van der Waals surface area contributed by atoms with Crippen molar-refractivity contribution in [2.24, 2.45) is 0 Å². The predicted molar refractivity (Wildman–Crippen MR) is 105 cm³/mol. The molecular weight excluding hydrogens is 353 g/mol. The minimum atomic E-state index is 0.570. The molecule has 0 bridgehead atoms. The number of halogens is 2. The summed E-state index contributed by atoms with van der Waals surface area (Å²) >= 11 is 12.1. The van der Waals surface area contributed by atoms with Crippen molar-refractivity contribution in [1.29, 1.82) is 0 Å². The summed E-state index contributed by atoms with van der Waals surface area (Å²) in [4.78, 5) is 7.78. The van der Waals surface area contributed by atoms with Gasteiger partial charge in [-0.1, -0.05) is 65.7 Å². The van der Waals surface area contributed by atoms with Crippen LogP contribution in [0.3, 0.4) is 0 Å². The second-order valence-electron chi connectivity index (χ2n) is 5.79. The molecule has 0 unspecified atom stereocenters. The number of hydrogen-bond acceptors (Lipinski definition) is 2. The molecule has 3 aromatic carbocycles. The van der Waals surface area contributed by atoms with Gasteiger partial charge in [0.1, 0.15) is 0 Å². The monoisotopic (exact) mass is 367 g/mol. The van der Waals surface area contributed by atoms with Gasteiger partial charge in [-0.2, -0.15) is 0 Å². The minimum absolute atomic E-state index is 0.570. The van der Waals surface area contributed by atoms with Gasteiger partial charge in [0.15, 0.2) is 0 Å². The van der Waals surface area contributed by atoms with Gasteiger partial charge in [-0.05, 0) is 34.5 Å². The van der Waals surface area contributed by atoms with Gasteiger partial charge in [-0.3, -0.25) is 0 Å². The molecule has 0 saturated carbocycles. The number of nitrogens with one attached hydrogen (secondary N) is 2. The summed E-state index contributed by atoms with van der Waals surface area (Å²) in [6.07, 6.45) is 1.90. The van der Waals surface area contributed by atoms with E-state index < -0.39 is 0 Å². The van der Waals surface area contributed by atoms with Crippen molar-refractivity contribution >= 4 is 39.9 Å². The maximum atomic E-state index is 6.20. The van der Waals surface area contributed by atoms with Crippen LogP contribution in [0.2, 0.25) is 10.0 Å². The van der Waals surface area contributed by atoms with Crippen LogP contribution >= 0.6 is 23.2 Å². The third kappa shape index (κ3) is 3.48. The van der Waals surface area contributed by atoms with Gasteiger partial charge in [0.25, 0.3) is 0 Å². The highest BCUT2D eigenvalue weighted by Gasteiger charge is 2.06.